The van der Waals surface area contributed by atoms with E-state index in [1.165, 1.54) is 24.3 Å². The summed E-state index contributed by atoms with van der Waals surface area (Å²) >= 11 is 0. The molecule has 3 aliphatic rings. The molecule has 4 unspecified atom stereocenters. The summed E-state index contributed by atoms with van der Waals surface area (Å²) < 4.78 is 0. The van der Waals surface area contributed by atoms with Gasteiger partial charge in [0.25, 0.3) is 5.69 Å². The van der Waals surface area contributed by atoms with E-state index < -0.39 is 40.7 Å². The number of fused-ring (bicyclic) bond motifs is 5. The van der Waals surface area contributed by atoms with Crippen molar-refractivity contribution in [2.45, 2.75) is 12.1 Å². The molecule has 3 aromatic carbocycles. The number of Topliss-reactive ketones (excluding diaryl/α,β-unsaturated/α-hetero) is 1. The summed E-state index contributed by atoms with van der Waals surface area (Å²) in [4.78, 5) is 52.8. The number of hydrogen-bond donors (Lipinski definition) is 0. The number of nitrogens with zero attached hydrogens (tertiary/aromatic N) is 4. The first-order valence-corrected chi connectivity index (χ1v) is 11.1. The molecule has 3 aliphatic heterocycles. The van der Waals surface area contributed by atoms with Crippen LogP contribution in [0.5, 0.6) is 0 Å². The van der Waals surface area contributed by atoms with Gasteiger partial charge in [-0.2, -0.15) is 5.10 Å². The van der Waals surface area contributed by atoms with Gasteiger partial charge in [0.05, 0.1) is 34.7 Å². The number of carbonyl (C=O) groups excluding carboxylic acids is 3. The predicted octanol–water partition coefficient (Wildman–Crippen LogP) is 3.36. The van der Waals surface area contributed by atoms with Gasteiger partial charge in [0.2, 0.25) is 11.8 Å². The lowest BCUT2D eigenvalue weighted by molar-refractivity contribution is -0.384. The molecule has 35 heavy (non-hydrogen) atoms. The lowest BCUT2D eigenvalue weighted by Gasteiger charge is -2.33. The van der Waals surface area contributed by atoms with Gasteiger partial charge in [0.1, 0.15) is 6.04 Å². The van der Waals surface area contributed by atoms with Gasteiger partial charge >= 0.3 is 0 Å². The van der Waals surface area contributed by atoms with Crippen LogP contribution in [-0.4, -0.2) is 39.8 Å². The minimum absolute atomic E-state index is 0.146. The Hall–Kier alpha value is -4.66. The molecule has 4 atom stereocenters. The van der Waals surface area contributed by atoms with Crippen molar-refractivity contribution in [3.8, 4) is 0 Å². The van der Waals surface area contributed by atoms with Crippen LogP contribution in [0.15, 0.2) is 84.0 Å². The highest BCUT2D eigenvalue weighted by atomic mass is 16.6. The van der Waals surface area contributed by atoms with E-state index in [1.807, 2.05) is 24.3 Å². The van der Waals surface area contributed by atoms with Crippen LogP contribution in [-0.2, 0) is 9.59 Å². The van der Waals surface area contributed by atoms with E-state index in [0.29, 0.717) is 5.56 Å². The highest BCUT2D eigenvalue weighted by Crippen LogP contribution is 2.53. The zero-order valence-electron chi connectivity index (χ0n) is 18.2. The highest BCUT2D eigenvalue weighted by Gasteiger charge is 2.65. The van der Waals surface area contributed by atoms with Gasteiger partial charge in [-0.1, -0.05) is 54.6 Å². The third-order valence-corrected chi connectivity index (χ3v) is 6.94. The van der Waals surface area contributed by atoms with Gasteiger partial charge in [-0.3, -0.25) is 29.5 Å². The zero-order chi connectivity index (χ0) is 24.3. The number of rotatable bonds is 4. The number of non-ortho nitro benzene ring substituents is 1. The molecule has 0 bridgehead atoms. The van der Waals surface area contributed by atoms with Crippen molar-refractivity contribution in [3.63, 3.8) is 0 Å². The molecule has 2 amide bonds. The van der Waals surface area contributed by atoms with Gasteiger partial charge in [0.15, 0.2) is 5.78 Å². The minimum atomic E-state index is -0.962. The summed E-state index contributed by atoms with van der Waals surface area (Å²) in [6.07, 6.45) is 1.65. The van der Waals surface area contributed by atoms with Crippen molar-refractivity contribution in [2.75, 3.05) is 4.90 Å². The molecule has 0 aromatic heterocycles. The Labute approximate surface area is 199 Å². The molecule has 0 N–H and O–H groups in total. The predicted molar refractivity (Wildman–Crippen MR) is 126 cm³/mol. The highest BCUT2D eigenvalue weighted by molar-refractivity contribution is 6.24. The van der Waals surface area contributed by atoms with E-state index in [9.17, 15) is 24.5 Å². The van der Waals surface area contributed by atoms with Crippen LogP contribution >= 0.6 is 0 Å². The Bertz CT molecular complexity index is 1420. The fourth-order valence-electron chi connectivity index (χ4n) is 5.42. The maximum absolute atomic E-state index is 13.8. The molecule has 6 rings (SSSR count). The van der Waals surface area contributed by atoms with Crippen molar-refractivity contribution >= 4 is 35.2 Å². The van der Waals surface area contributed by atoms with E-state index >= 15 is 0 Å². The maximum Gasteiger partial charge on any atom is 0.269 e. The number of hydrazone groups is 1. The summed E-state index contributed by atoms with van der Waals surface area (Å²) in [5, 5.41) is 17.2. The van der Waals surface area contributed by atoms with Gasteiger partial charge < -0.3 is 0 Å². The number of amides is 2. The number of anilines is 1. The summed E-state index contributed by atoms with van der Waals surface area (Å²) in [5.41, 5.74) is 2.18. The second-order valence-electron chi connectivity index (χ2n) is 8.71. The van der Waals surface area contributed by atoms with Crippen molar-refractivity contribution in [3.05, 3.63) is 106 Å². The van der Waals surface area contributed by atoms with E-state index in [1.54, 1.807) is 41.6 Å². The fourth-order valence-corrected chi connectivity index (χ4v) is 5.42. The standard InChI is InChI=1S/C26H18N4O5/c31-24(15-6-2-1-3-7-15)23-21-20(22-19-9-5-4-8-16(19)14-27-29(22)23)25(32)28(26(21)33)17-10-12-18(13-11-17)30(34)35/h1-14,20-23H. The number of ketones is 1. The molecule has 9 heteroatoms. The molecule has 3 aromatic rings. The maximum atomic E-state index is 13.8. The van der Waals surface area contributed by atoms with Crippen molar-refractivity contribution in [1.82, 2.24) is 5.01 Å². The van der Waals surface area contributed by atoms with Gasteiger partial charge in [-0.15, -0.1) is 0 Å². The van der Waals surface area contributed by atoms with Crippen molar-refractivity contribution in [1.29, 1.82) is 0 Å². The number of nitro benzene ring substituents is 1. The molecule has 2 fully saturated rings. The van der Waals surface area contributed by atoms with Gasteiger partial charge in [0, 0.05) is 17.7 Å². The van der Waals surface area contributed by atoms with E-state index in [2.05, 4.69) is 5.10 Å². The first kappa shape index (κ1) is 20.9. The molecule has 172 valence electrons. The fraction of sp³-hybridized carbons (Fsp3) is 0.154. The summed E-state index contributed by atoms with van der Waals surface area (Å²) in [7, 11) is 0. The normalized spacial score (nSPS) is 24.2. The summed E-state index contributed by atoms with van der Waals surface area (Å²) in [6.45, 7) is 0. The molecule has 0 aliphatic carbocycles. The summed E-state index contributed by atoms with van der Waals surface area (Å²) in [5.74, 6) is -3.01. The number of hydrogen-bond acceptors (Lipinski definition) is 7. The van der Waals surface area contributed by atoms with Crippen molar-refractivity contribution < 1.29 is 19.3 Å². The monoisotopic (exact) mass is 466 g/mol. The van der Waals surface area contributed by atoms with E-state index in [4.69, 9.17) is 0 Å². The van der Waals surface area contributed by atoms with Gasteiger partial charge in [-0.05, 0) is 23.3 Å². The zero-order valence-corrected chi connectivity index (χ0v) is 18.2. The van der Waals surface area contributed by atoms with Gasteiger partial charge in [-0.25, -0.2) is 4.90 Å². The second-order valence-corrected chi connectivity index (χ2v) is 8.71. The summed E-state index contributed by atoms with van der Waals surface area (Å²) in [6, 6.07) is 19.9. The smallest absolute Gasteiger partial charge is 0.269 e. The number of nitro groups is 1. The van der Waals surface area contributed by atoms with Crippen LogP contribution in [0.2, 0.25) is 0 Å². The lowest BCUT2D eigenvalue weighted by atomic mass is 9.83. The third-order valence-electron chi connectivity index (χ3n) is 6.94. The number of benzene rings is 3. The number of imide groups is 1. The van der Waals surface area contributed by atoms with Crippen LogP contribution in [0, 0.1) is 22.0 Å². The Morgan fingerprint density at radius 1 is 0.857 bits per heavy atom. The van der Waals surface area contributed by atoms with Crippen molar-refractivity contribution in [2.24, 2.45) is 16.9 Å². The Kier molecular flexibility index (Phi) is 4.60. The Morgan fingerprint density at radius 2 is 1.51 bits per heavy atom. The quantitative estimate of drug-likeness (QED) is 0.252. The van der Waals surface area contributed by atoms with Crippen LogP contribution < -0.4 is 4.90 Å². The van der Waals surface area contributed by atoms with Crippen LogP contribution in [0.3, 0.4) is 0 Å². The van der Waals surface area contributed by atoms with E-state index in [-0.39, 0.29) is 17.2 Å². The molecular formula is C26H18N4O5. The molecular weight excluding hydrogens is 448 g/mol. The lowest BCUT2D eigenvalue weighted by Crippen LogP contribution is -2.44. The first-order valence-electron chi connectivity index (χ1n) is 11.1. The molecule has 0 radical (unpaired) electrons. The van der Waals surface area contributed by atoms with E-state index in [0.717, 1.165) is 16.0 Å². The molecule has 2 saturated heterocycles. The average molecular weight is 466 g/mol. The van der Waals surface area contributed by atoms with Crippen LogP contribution in [0.1, 0.15) is 27.5 Å². The SMILES string of the molecule is O=C(c1ccccc1)C1C2C(=O)N(c3ccc([N+](=O)[O-])cc3)C(=O)C2C2c3ccccc3C=NN12. The third kappa shape index (κ3) is 3.01. The largest absolute Gasteiger partial charge is 0.292 e. The molecule has 3 heterocycles. The molecule has 9 nitrogen and oxygen atoms in total. The van der Waals surface area contributed by atoms with Crippen LogP contribution in [0.25, 0.3) is 0 Å². The average Bonchev–Trinajstić information content (AvgIpc) is 3.36. The first-order chi connectivity index (χ1) is 17.0. The second kappa shape index (κ2) is 7.69. The Morgan fingerprint density at radius 3 is 2.23 bits per heavy atom. The Balaban J connectivity index is 1.47. The van der Waals surface area contributed by atoms with Crippen LogP contribution in [0.4, 0.5) is 11.4 Å². The molecule has 0 saturated carbocycles. The topological polar surface area (TPSA) is 113 Å². The number of carbonyl (C=O) groups is 3. The molecule has 0 spiro atoms. The minimum Gasteiger partial charge on any atom is -0.292 e.